The first-order valence-corrected chi connectivity index (χ1v) is 9.58. The zero-order valence-electron chi connectivity index (χ0n) is 14.4. The smallest absolute Gasteiger partial charge is 0.286 e. The van der Waals surface area contributed by atoms with Crippen molar-refractivity contribution < 1.29 is 15.0 Å². The number of rotatable bonds is 3. The maximum absolute atomic E-state index is 12.7. The fraction of sp³-hybridized carbons (Fsp3) is 0. The van der Waals surface area contributed by atoms with Crippen LogP contribution in [0.1, 0.15) is 11.1 Å². The van der Waals surface area contributed by atoms with Crippen LogP contribution in [-0.2, 0) is 4.79 Å². The van der Waals surface area contributed by atoms with Gasteiger partial charge >= 0.3 is 0 Å². The second-order valence-electron chi connectivity index (χ2n) is 6.02. The standard InChI is InChI=1S/C21H14N2O3S2/c24-17-8-4-2-6-14(17)11-19-20(26)23(21(27)28-19)22-12-16-15-7-3-1-5-13(15)9-10-18(16)25/h1-12,24-25H. The van der Waals surface area contributed by atoms with Crippen LogP contribution in [0.5, 0.6) is 11.5 Å². The molecular weight excluding hydrogens is 392 g/mol. The molecule has 0 unspecified atom stereocenters. The molecule has 0 spiro atoms. The van der Waals surface area contributed by atoms with Gasteiger partial charge in [0.1, 0.15) is 11.5 Å². The van der Waals surface area contributed by atoms with Crippen molar-refractivity contribution in [3.05, 3.63) is 76.7 Å². The Kier molecular flexibility index (Phi) is 4.85. The van der Waals surface area contributed by atoms with Crippen molar-refractivity contribution >= 4 is 57.3 Å². The van der Waals surface area contributed by atoms with Crippen LogP contribution in [0.2, 0.25) is 0 Å². The van der Waals surface area contributed by atoms with E-state index in [1.54, 1.807) is 36.4 Å². The van der Waals surface area contributed by atoms with Crippen LogP contribution in [0.3, 0.4) is 0 Å². The molecule has 3 aromatic carbocycles. The first-order chi connectivity index (χ1) is 13.5. The second-order valence-corrected chi connectivity index (χ2v) is 7.69. The third-order valence-electron chi connectivity index (χ3n) is 4.25. The van der Waals surface area contributed by atoms with E-state index in [1.807, 2.05) is 30.3 Å². The average Bonchev–Trinajstić information content (AvgIpc) is 2.96. The Hall–Kier alpha value is -3.16. The van der Waals surface area contributed by atoms with Gasteiger partial charge in [-0.25, -0.2) is 0 Å². The Bertz CT molecular complexity index is 1170. The number of thiocarbonyl (C=S) groups is 1. The van der Waals surface area contributed by atoms with Crippen LogP contribution in [0.25, 0.3) is 16.8 Å². The van der Waals surface area contributed by atoms with Crippen molar-refractivity contribution in [1.82, 2.24) is 5.01 Å². The Morgan fingerprint density at radius 1 is 0.964 bits per heavy atom. The lowest BCUT2D eigenvalue weighted by Crippen LogP contribution is -2.22. The SMILES string of the molecule is O=C1C(=Cc2ccccc2O)SC(=S)N1N=Cc1c(O)ccc2ccccc12. The number of phenols is 2. The molecule has 1 saturated heterocycles. The monoisotopic (exact) mass is 406 g/mol. The number of hydrogen-bond acceptors (Lipinski definition) is 6. The van der Waals surface area contributed by atoms with E-state index in [0.29, 0.717) is 16.0 Å². The number of hydrazone groups is 1. The fourth-order valence-corrected chi connectivity index (χ4v) is 4.01. The van der Waals surface area contributed by atoms with E-state index in [-0.39, 0.29) is 21.7 Å². The molecular formula is C21H14N2O3S2. The number of carbonyl (C=O) groups excluding carboxylic acids is 1. The van der Waals surface area contributed by atoms with Gasteiger partial charge in [-0.1, -0.05) is 60.3 Å². The van der Waals surface area contributed by atoms with E-state index >= 15 is 0 Å². The van der Waals surface area contributed by atoms with Gasteiger partial charge < -0.3 is 10.2 Å². The van der Waals surface area contributed by atoms with Crippen LogP contribution in [0.15, 0.2) is 70.7 Å². The Morgan fingerprint density at radius 2 is 1.71 bits per heavy atom. The summed E-state index contributed by atoms with van der Waals surface area (Å²) in [5.41, 5.74) is 1.04. The molecule has 2 N–H and O–H groups in total. The molecule has 0 radical (unpaired) electrons. The molecule has 0 aliphatic carbocycles. The summed E-state index contributed by atoms with van der Waals surface area (Å²) in [5.74, 6) is -0.233. The minimum Gasteiger partial charge on any atom is -0.507 e. The Labute approximate surface area is 170 Å². The molecule has 4 rings (SSSR count). The summed E-state index contributed by atoms with van der Waals surface area (Å²) in [6.45, 7) is 0. The molecule has 0 atom stereocenters. The number of hydrogen-bond donors (Lipinski definition) is 2. The van der Waals surface area contributed by atoms with Crippen LogP contribution in [-0.4, -0.2) is 31.7 Å². The summed E-state index contributed by atoms with van der Waals surface area (Å²) in [6, 6.07) is 17.7. The maximum atomic E-state index is 12.7. The van der Waals surface area contributed by atoms with E-state index in [4.69, 9.17) is 12.2 Å². The number of nitrogens with zero attached hydrogens (tertiary/aromatic N) is 2. The van der Waals surface area contributed by atoms with E-state index in [0.717, 1.165) is 27.5 Å². The highest BCUT2D eigenvalue weighted by Gasteiger charge is 2.32. The number of benzene rings is 3. The van der Waals surface area contributed by atoms with Crippen molar-refractivity contribution in [2.75, 3.05) is 0 Å². The predicted octanol–water partition coefficient (Wildman–Crippen LogP) is 4.49. The van der Waals surface area contributed by atoms with Gasteiger partial charge in [0.25, 0.3) is 5.91 Å². The van der Waals surface area contributed by atoms with Gasteiger partial charge in [-0.05, 0) is 41.2 Å². The predicted molar refractivity (Wildman–Crippen MR) is 116 cm³/mol. The lowest BCUT2D eigenvalue weighted by molar-refractivity contribution is -0.122. The highest BCUT2D eigenvalue weighted by molar-refractivity contribution is 8.26. The van der Waals surface area contributed by atoms with E-state index < -0.39 is 0 Å². The molecule has 1 amide bonds. The number of fused-ring (bicyclic) bond motifs is 1. The number of carbonyl (C=O) groups is 1. The minimum atomic E-state index is -0.380. The lowest BCUT2D eigenvalue weighted by Gasteiger charge is -2.08. The summed E-state index contributed by atoms with van der Waals surface area (Å²) < 4.78 is 0.280. The average molecular weight is 406 g/mol. The molecule has 1 heterocycles. The molecule has 0 aromatic heterocycles. The summed E-state index contributed by atoms with van der Waals surface area (Å²) >= 11 is 6.39. The van der Waals surface area contributed by atoms with Gasteiger partial charge in [0.05, 0.1) is 11.1 Å². The highest BCUT2D eigenvalue weighted by Crippen LogP contribution is 2.34. The summed E-state index contributed by atoms with van der Waals surface area (Å²) in [6.07, 6.45) is 3.02. The first-order valence-electron chi connectivity index (χ1n) is 8.35. The van der Waals surface area contributed by atoms with Crippen molar-refractivity contribution in [2.45, 2.75) is 0 Å². The van der Waals surface area contributed by atoms with Gasteiger partial charge in [-0.2, -0.15) is 10.1 Å². The van der Waals surface area contributed by atoms with E-state index in [9.17, 15) is 15.0 Å². The molecule has 7 heteroatoms. The van der Waals surface area contributed by atoms with Gasteiger partial charge in [0.15, 0.2) is 4.32 Å². The van der Waals surface area contributed by atoms with Crippen molar-refractivity contribution in [2.24, 2.45) is 5.10 Å². The highest BCUT2D eigenvalue weighted by atomic mass is 32.2. The second kappa shape index (κ2) is 7.46. The number of amides is 1. The van der Waals surface area contributed by atoms with E-state index in [1.165, 1.54) is 6.21 Å². The molecule has 5 nitrogen and oxygen atoms in total. The fourth-order valence-electron chi connectivity index (χ4n) is 2.85. The van der Waals surface area contributed by atoms with Crippen molar-refractivity contribution in [1.29, 1.82) is 0 Å². The van der Waals surface area contributed by atoms with Crippen molar-refractivity contribution in [3.63, 3.8) is 0 Å². The van der Waals surface area contributed by atoms with Crippen LogP contribution < -0.4 is 0 Å². The molecule has 1 aliphatic rings. The van der Waals surface area contributed by atoms with Gasteiger partial charge in [-0.3, -0.25) is 4.79 Å². The molecule has 28 heavy (non-hydrogen) atoms. The molecule has 1 fully saturated rings. The Morgan fingerprint density at radius 3 is 2.54 bits per heavy atom. The topological polar surface area (TPSA) is 73.1 Å². The number of para-hydroxylation sites is 1. The lowest BCUT2D eigenvalue weighted by atomic mass is 10.0. The molecule has 138 valence electrons. The molecule has 0 saturated carbocycles. The molecule has 0 bridgehead atoms. The van der Waals surface area contributed by atoms with Crippen molar-refractivity contribution in [3.8, 4) is 11.5 Å². The normalized spacial score (nSPS) is 16.0. The summed E-state index contributed by atoms with van der Waals surface area (Å²) in [7, 11) is 0. The van der Waals surface area contributed by atoms with Gasteiger partial charge in [0.2, 0.25) is 0 Å². The molecule has 3 aromatic rings. The van der Waals surface area contributed by atoms with Gasteiger partial charge in [0, 0.05) is 11.1 Å². The molecule has 1 aliphatic heterocycles. The third-order valence-corrected chi connectivity index (χ3v) is 5.53. The third kappa shape index (κ3) is 3.37. The van der Waals surface area contributed by atoms with Crippen LogP contribution >= 0.6 is 24.0 Å². The quantitative estimate of drug-likeness (QED) is 0.381. The Balaban J connectivity index is 1.66. The number of aromatic hydroxyl groups is 2. The zero-order chi connectivity index (χ0) is 19.7. The summed E-state index contributed by atoms with van der Waals surface area (Å²) in [4.78, 5) is 13.1. The van der Waals surface area contributed by atoms with Crippen LogP contribution in [0, 0.1) is 0 Å². The number of phenolic OH excluding ortho intramolecular Hbond substituents is 2. The largest absolute Gasteiger partial charge is 0.507 e. The maximum Gasteiger partial charge on any atom is 0.286 e. The first kappa shape index (κ1) is 18.2. The van der Waals surface area contributed by atoms with Gasteiger partial charge in [-0.15, -0.1) is 0 Å². The van der Waals surface area contributed by atoms with E-state index in [2.05, 4.69) is 5.10 Å². The zero-order valence-corrected chi connectivity index (χ0v) is 16.1. The summed E-state index contributed by atoms with van der Waals surface area (Å²) in [5, 5.41) is 27.2. The van der Waals surface area contributed by atoms with Crippen LogP contribution in [0.4, 0.5) is 0 Å². The minimum absolute atomic E-state index is 0.0673. The number of thioether (sulfide) groups is 1.